The van der Waals surface area contributed by atoms with Gasteiger partial charge in [-0.3, -0.25) is 4.79 Å². The number of hydrogen-bond donors (Lipinski definition) is 2. The number of amides is 1. The van der Waals surface area contributed by atoms with E-state index in [0.29, 0.717) is 6.54 Å². The minimum absolute atomic E-state index is 0.193. The third-order valence-electron chi connectivity index (χ3n) is 2.18. The first-order valence-corrected chi connectivity index (χ1v) is 4.91. The molecule has 90 valence electrons. The minimum atomic E-state index is -0.535. The fourth-order valence-electron chi connectivity index (χ4n) is 0.950. The zero-order valence-corrected chi connectivity index (χ0v) is 10.2. The number of rotatable bonds is 5. The van der Waals surface area contributed by atoms with E-state index in [0.717, 1.165) is 0 Å². The highest BCUT2D eigenvalue weighted by atomic mass is 16.7. The van der Waals surface area contributed by atoms with Crippen molar-refractivity contribution in [2.45, 2.75) is 33.1 Å². The van der Waals surface area contributed by atoms with Crippen molar-refractivity contribution < 1.29 is 14.3 Å². The van der Waals surface area contributed by atoms with Crippen molar-refractivity contribution in [2.75, 3.05) is 20.8 Å². The first-order valence-electron chi connectivity index (χ1n) is 4.91. The zero-order valence-electron chi connectivity index (χ0n) is 10.2. The molecule has 0 aliphatic rings. The second kappa shape index (κ2) is 6.05. The van der Waals surface area contributed by atoms with E-state index in [1.54, 1.807) is 0 Å². The summed E-state index contributed by atoms with van der Waals surface area (Å²) in [5.41, 5.74) is 5.52. The van der Waals surface area contributed by atoms with Crippen LogP contribution in [0.3, 0.4) is 0 Å². The van der Waals surface area contributed by atoms with Crippen LogP contribution in [-0.2, 0) is 14.3 Å². The number of hydrogen-bond acceptors (Lipinski definition) is 4. The van der Waals surface area contributed by atoms with Crippen LogP contribution in [0.4, 0.5) is 0 Å². The summed E-state index contributed by atoms with van der Waals surface area (Å²) in [6.45, 7) is 6.06. The predicted octanol–water partition coefficient (Wildman–Crippen LogP) is 0.0949. The quantitative estimate of drug-likeness (QED) is 0.642. The summed E-state index contributed by atoms with van der Waals surface area (Å²) in [6, 6.07) is -0.535. The van der Waals surface area contributed by atoms with Crippen LogP contribution in [0.2, 0.25) is 0 Å². The summed E-state index contributed by atoms with van der Waals surface area (Å²) in [6.07, 6.45) is -0.430. The second-order valence-electron chi connectivity index (χ2n) is 4.49. The van der Waals surface area contributed by atoms with Gasteiger partial charge in [0.05, 0.1) is 12.6 Å². The average molecular weight is 218 g/mol. The Bertz CT molecular complexity index is 197. The predicted molar refractivity (Wildman–Crippen MR) is 58.2 cm³/mol. The Kier molecular flexibility index (Phi) is 5.79. The lowest BCUT2D eigenvalue weighted by Gasteiger charge is -2.26. The lowest BCUT2D eigenvalue weighted by atomic mass is 9.87. The maximum Gasteiger partial charge on any atom is 0.237 e. The molecule has 0 aliphatic heterocycles. The van der Waals surface area contributed by atoms with Crippen LogP contribution in [0.15, 0.2) is 0 Å². The van der Waals surface area contributed by atoms with Gasteiger partial charge in [-0.25, -0.2) is 0 Å². The van der Waals surface area contributed by atoms with Crippen molar-refractivity contribution in [2.24, 2.45) is 11.1 Å². The van der Waals surface area contributed by atoms with Gasteiger partial charge in [-0.1, -0.05) is 20.8 Å². The number of ether oxygens (including phenoxy) is 2. The fourth-order valence-corrected chi connectivity index (χ4v) is 0.950. The largest absolute Gasteiger partial charge is 0.354 e. The SMILES string of the molecule is COC(CNC(=O)C(N)C(C)(C)C)OC. The van der Waals surface area contributed by atoms with E-state index in [-0.39, 0.29) is 11.3 Å². The molecule has 0 saturated heterocycles. The summed E-state index contributed by atoms with van der Waals surface area (Å²) < 4.78 is 9.87. The first kappa shape index (κ1) is 14.3. The second-order valence-corrected chi connectivity index (χ2v) is 4.49. The third kappa shape index (κ3) is 5.11. The molecule has 3 N–H and O–H groups in total. The normalized spacial score (nSPS) is 14.1. The molecule has 0 fully saturated rings. The Morgan fingerprint density at radius 1 is 1.33 bits per heavy atom. The molecule has 15 heavy (non-hydrogen) atoms. The van der Waals surface area contributed by atoms with Gasteiger partial charge in [0.25, 0.3) is 0 Å². The Labute approximate surface area is 91.3 Å². The monoisotopic (exact) mass is 218 g/mol. The number of methoxy groups -OCH3 is 2. The van der Waals surface area contributed by atoms with Gasteiger partial charge < -0.3 is 20.5 Å². The molecular formula is C10H22N2O3. The minimum Gasteiger partial charge on any atom is -0.354 e. The van der Waals surface area contributed by atoms with Gasteiger partial charge in [0, 0.05) is 14.2 Å². The molecule has 5 heteroatoms. The molecule has 0 aliphatic carbocycles. The van der Waals surface area contributed by atoms with Crippen LogP contribution in [0.5, 0.6) is 0 Å². The van der Waals surface area contributed by atoms with Crippen molar-refractivity contribution in [3.8, 4) is 0 Å². The van der Waals surface area contributed by atoms with Crippen molar-refractivity contribution in [3.63, 3.8) is 0 Å². The van der Waals surface area contributed by atoms with E-state index >= 15 is 0 Å². The van der Waals surface area contributed by atoms with Gasteiger partial charge >= 0.3 is 0 Å². The maximum atomic E-state index is 11.6. The molecule has 0 rings (SSSR count). The molecule has 0 saturated carbocycles. The standard InChI is InChI=1S/C10H22N2O3/c1-10(2,3)8(11)9(13)12-6-7(14-4)15-5/h7-8H,6,11H2,1-5H3,(H,12,13). The Morgan fingerprint density at radius 3 is 2.13 bits per heavy atom. The number of nitrogens with two attached hydrogens (primary N) is 1. The highest BCUT2D eigenvalue weighted by molar-refractivity contribution is 5.82. The number of carbonyl (C=O) groups excluding carboxylic acids is 1. The first-order chi connectivity index (χ1) is 6.82. The fraction of sp³-hybridized carbons (Fsp3) is 0.900. The van der Waals surface area contributed by atoms with Crippen LogP contribution in [0.25, 0.3) is 0 Å². The van der Waals surface area contributed by atoms with E-state index in [2.05, 4.69) is 5.32 Å². The highest BCUT2D eigenvalue weighted by Crippen LogP contribution is 2.17. The summed E-state index contributed by atoms with van der Waals surface area (Å²) in [7, 11) is 3.04. The molecule has 0 spiro atoms. The van der Waals surface area contributed by atoms with Crippen molar-refractivity contribution in [1.82, 2.24) is 5.32 Å². The van der Waals surface area contributed by atoms with Gasteiger partial charge in [-0.15, -0.1) is 0 Å². The van der Waals surface area contributed by atoms with Crippen LogP contribution in [0, 0.1) is 5.41 Å². The van der Waals surface area contributed by atoms with Crippen LogP contribution >= 0.6 is 0 Å². The smallest absolute Gasteiger partial charge is 0.237 e. The molecule has 0 aromatic carbocycles. The molecule has 0 radical (unpaired) electrons. The van der Waals surface area contributed by atoms with E-state index in [1.165, 1.54) is 14.2 Å². The molecular weight excluding hydrogens is 196 g/mol. The third-order valence-corrected chi connectivity index (χ3v) is 2.18. The van der Waals surface area contributed by atoms with Crippen LogP contribution < -0.4 is 11.1 Å². The maximum absolute atomic E-state index is 11.6. The molecule has 5 nitrogen and oxygen atoms in total. The lowest BCUT2D eigenvalue weighted by Crippen LogP contribution is -2.50. The summed E-state index contributed by atoms with van der Waals surface area (Å²) in [5.74, 6) is -0.193. The topological polar surface area (TPSA) is 73.6 Å². The molecule has 0 aromatic heterocycles. The Morgan fingerprint density at radius 2 is 1.80 bits per heavy atom. The van der Waals surface area contributed by atoms with Gasteiger partial charge in [-0.05, 0) is 5.41 Å². The van der Waals surface area contributed by atoms with E-state index in [4.69, 9.17) is 15.2 Å². The van der Waals surface area contributed by atoms with Crippen LogP contribution in [-0.4, -0.2) is 39.0 Å². The van der Waals surface area contributed by atoms with Crippen molar-refractivity contribution in [1.29, 1.82) is 0 Å². The molecule has 1 unspecified atom stereocenters. The van der Waals surface area contributed by atoms with Gasteiger partial charge in [0.2, 0.25) is 5.91 Å². The number of carbonyl (C=O) groups is 1. The lowest BCUT2D eigenvalue weighted by molar-refractivity contribution is -0.130. The van der Waals surface area contributed by atoms with Crippen molar-refractivity contribution in [3.05, 3.63) is 0 Å². The number of nitrogens with one attached hydrogen (secondary N) is 1. The molecule has 1 atom stereocenters. The van der Waals surface area contributed by atoms with E-state index in [9.17, 15) is 4.79 Å². The zero-order chi connectivity index (χ0) is 12.1. The summed E-state index contributed by atoms with van der Waals surface area (Å²) in [4.78, 5) is 11.6. The molecule has 0 aromatic rings. The van der Waals surface area contributed by atoms with E-state index in [1.807, 2.05) is 20.8 Å². The van der Waals surface area contributed by atoms with Crippen molar-refractivity contribution >= 4 is 5.91 Å². The average Bonchev–Trinajstić information content (AvgIpc) is 2.16. The van der Waals surface area contributed by atoms with E-state index < -0.39 is 12.3 Å². The van der Waals surface area contributed by atoms with Gasteiger partial charge in [-0.2, -0.15) is 0 Å². The van der Waals surface area contributed by atoms with Gasteiger partial charge in [0.15, 0.2) is 6.29 Å². The Balaban J connectivity index is 4.04. The molecule has 0 bridgehead atoms. The Hall–Kier alpha value is -0.650. The summed E-state index contributed by atoms with van der Waals surface area (Å²) >= 11 is 0. The molecule has 1 amide bonds. The highest BCUT2D eigenvalue weighted by Gasteiger charge is 2.27. The summed E-state index contributed by atoms with van der Waals surface area (Å²) in [5, 5.41) is 2.68. The van der Waals surface area contributed by atoms with Gasteiger partial charge in [0.1, 0.15) is 0 Å². The molecule has 0 heterocycles. The van der Waals surface area contributed by atoms with Crippen LogP contribution in [0.1, 0.15) is 20.8 Å².